The zero-order valence-corrected chi connectivity index (χ0v) is 10.8. The van der Waals surface area contributed by atoms with Gasteiger partial charge in [-0.25, -0.2) is 9.50 Å². The molecule has 19 heavy (non-hydrogen) atoms. The normalized spacial score (nSPS) is 10.6. The minimum Gasteiger partial charge on any atom is -0.497 e. The van der Waals surface area contributed by atoms with Crippen molar-refractivity contribution in [3.8, 4) is 5.75 Å². The quantitative estimate of drug-likeness (QED) is 0.796. The van der Waals surface area contributed by atoms with Crippen LogP contribution in [0.15, 0.2) is 36.7 Å². The van der Waals surface area contributed by atoms with Crippen LogP contribution in [-0.2, 0) is 0 Å². The van der Waals surface area contributed by atoms with Gasteiger partial charge in [-0.05, 0) is 12.1 Å². The van der Waals surface area contributed by atoms with Crippen molar-refractivity contribution in [2.45, 2.75) is 0 Å². The summed E-state index contributed by atoms with van der Waals surface area (Å²) < 4.78 is 6.72. The first-order valence-corrected chi connectivity index (χ1v) is 5.91. The molecule has 0 unspecified atom stereocenters. The third-order valence-corrected chi connectivity index (χ3v) is 2.71. The van der Waals surface area contributed by atoms with Gasteiger partial charge in [0.1, 0.15) is 10.9 Å². The number of hydrogen-bond acceptors (Lipinski definition) is 5. The maximum Gasteiger partial charge on any atom is 0.247 e. The summed E-state index contributed by atoms with van der Waals surface area (Å²) in [6.07, 6.45) is 3.16. The predicted octanol–water partition coefficient (Wildman–Crippen LogP) is 2.53. The third kappa shape index (κ3) is 2.43. The Labute approximate surface area is 114 Å². The summed E-state index contributed by atoms with van der Waals surface area (Å²) >= 11 is 5.79. The monoisotopic (exact) mass is 275 g/mol. The number of aromatic nitrogens is 4. The van der Waals surface area contributed by atoms with Crippen molar-refractivity contribution in [1.82, 2.24) is 19.6 Å². The van der Waals surface area contributed by atoms with Gasteiger partial charge in [-0.3, -0.25) is 0 Å². The molecule has 0 aliphatic heterocycles. The van der Waals surface area contributed by atoms with Crippen LogP contribution in [0.3, 0.4) is 0 Å². The van der Waals surface area contributed by atoms with Gasteiger partial charge >= 0.3 is 0 Å². The highest BCUT2D eigenvalue weighted by molar-refractivity contribution is 6.29. The van der Waals surface area contributed by atoms with Crippen LogP contribution in [0.2, 0.25) is 5.15 Å². The average Bonchev–Trinajstić information content (AvgIpc) is 2.80. The minimum atomic E-state index is 0.366. The number of hydrogen-bond donors (Lipinski definition) is 1. The highest BCUT2D eigenvalue weighted by Crippen LogP contribution is 2.19. The van der Waals surface area contributed by atoms with E-state index in [4.69, 9.17) is 16.3 Å². The standard InChI is InChI=1S/C12H10ClN5O/c1-19-9-4-2-3-8(5-9)15-12-16-11-6-14-10(13)7-18(11)17-12/h2-7H,1H3,(H,15,17). The number of ether oxygens (including phenoxy) is 1. The third-order valence-electron chi connectivity index (χ3n) is 2.52. The van der Waals surface area contributed by atoms with Crippen LogP contribution < -0.4 is 10.1 Å². The van der Waals surface area contributed by atoms with E-state index in [0.29, 0.717) is 16.7 Å². The molecule has 0 radical (unpaired) electrons. The van der Waals surface area contributed by atoms with Gasteiger partial charge in [0, 0.05) is 11.8 Å². The van der Waals surface area contributed by atoms with E-state index in [2.05, 4.69) is 20.4 Å². The maximum atomic E-state index is 5.79. The lowest BCUT2D eigenvalue weighted by Crippen LogP contribution is -1.94. The van der Waals surface area contributed by atoms with Crippen molar-refractivity contribution in [3.05, 3.63) is 41.8 Å². The van der Waals surface area contributed by atoms with E-state index in [1.165, 1.54) is 0 Å². The van der Waals surface area contributed by atoms with Gasteiger partial charge in [-0.2, -0.15) is 4.98 Å². The fourth-order valence-electron chi connectivity index (χ4n) is 1.65. The molecule has 3 rings (SSSR count). The lowest BCUT2D eigenvalue weighted by atomic mass is 10.3. The molecule has 0 bridgehead atoms. The van der Waals surface area contributed by atoms with E-state index < -0.39 is 0 Å². The lowest BCUT2D eigenvalue weighted by molar-refractivity contribution is 0.415. The summed E-state index contributed by atoms with van der Waals surface area (Å²) in [6, 6.07) is 7.51. The molecule has 2 aromatic heterocycles. The summed E-state index contributed by atoms with van der Waals surface area (Å²) in [5, 5.41) is 7.71. The molecule has 0 saturated carbocycles. The predicted molar refractivity (Wildman–Crippen MR) is 72.1 cm³/mol. The first kappa shape index (κ1) is 11.7. The van der Waals surface area contributed by atoms with Crippen molar-refractivity contribution in [3.63, 3.8) is 0 Å². The fraction of sp³-hybridized carbons (Fsp3) is 0.0833. The highest BCUT2D eigenvalue weighted by Gasteiger charge is 2.05. The number of rotatable bonds is 3. The Morgan fingerprint density at radius 2 is 2.26 bits per heavy atom. The number of nitrogens with one attached hydrogen (secondary N) is 1. The van der Waals surface area contributed by atoms with Crippen LogP contribution in [0.1, 0.15) is 0 Å². The summed E-state index contributed by atoms with van der Waals surface area (Å²) in [5.41, 5.74) is 1.46. The molecule has 2 heterocycles. The van der Waals surface area contributed by atoms with E-state index >= 15 is 0 Å². The number of nitrogens with zero attached hydrogens (tertiary/aromatic N) is 4. The molecular weight excluding hydrogens is 266 g/mol. The van der Waals surface area contributed by atoms with Crippen molar-refractivity contribution in [2.75, 3.05) is 12.4 Å². The number of fused-ring (bicyclic) bond motifs is 1. The Bertz CT molecular complexity index is 727. The number of methoxy groups -OCH3 is 1. The lowest BCUT2D eigenvalue weighted by Gasteiger charge is -2.03. The SMILES string of the molecule is COc1cccc(Nc2nc3cnc(Cl)cn3n2)c1. The van der Waals surface area contributed by atoms with Crippen LogP contribution >= 0.6 is 11.6 Å². The molecule has 0 aliphatic carbocycles. The van der Waals surface area contributed by atoms with Gasteiger partial charge in [0.05, 0.1) is 19.5 Å². The molecule has 7 heteroatoms. The molecular formula is C12H10ClN5O. The largest absolute Gasteiger partial charge is 0.497 e. The highest BCUT2D eigenvalue weighted by atomic mass is 35.5. The molecule has 6 nitrogen and oxygen atoms in total. The second kappa shape index (κ2) is 4.74. The van der Waals surface area contributed by atoms with E-state index in [-0.39, 0.29) is 0 Å². The van der Waals surface area contributed by atoms with E-state index in [1.54, 1.807) is 24.0 Å². The van der Waals surface area contributed by atoms with Gasteiger partial charge in [0.2, 0.25) is 5.95 Å². The molecule has 1 aromatic carbocycles. The van der Waals surface area contributed by atoms with Gasteiger partial charge in [-0.15, -0.1) is 5.10 Å². The van der Waals surface area contributed by atoms with Crippen LogP contribution in [-0.4, -0.2) is 26.7 Å². The minimum absolute atomic E-state index is 0.366. The fourth-order valence-corrected chi connectivity index (χ4v) is 1.80. The molecule has 96 valence electrons. The Balaban J connectivity index is 1.92. The second-order valence-electron chi connectivity index (χ2n) is 3.81. The van der Waals surface area contributed by atoms with Crippen LogP contribution in [0.5, 0.6) is 5.75 Å². The topological polar surface area (TPSA) is 64.3 Å². The summed E-state index contributed by atoms with van der Waals surface area (Å²) in [5.74, 6) is 1.23. The van der Waals surface area contributed by atoms with Crippen molar-refractivity contribution in [2.24, 2.45) is 0 Å². The summed E-state index contributed by atoms with van der Waals surface area (Å²) in [6.45, 7) is 0. The van der Waals surface area contributed by atoms with Crippen LogP contribution in [0, 0.1) is 0 Å². The number of halogens is 1. The van der Waals surface area contributed by atoms with Crippen LogP contribution in [0.25, 0.3) is 5.65 Å². The zero-order valence-electron chi connectivity index (χ0n) is 10.0. The Morgan fingerprint density at radius 1 is 1.37 bits per heavy atom. The van der Waals surface area contributed by atoms with Gasteiger partial charge < -0.3 is 10.1 Å². The van der Waals surface area contributed by atoms with E-state index in [0.717, 1.165) is 11.4 Å². The Hall–Kier alpha value is -2.34. The average molecular weight is 276 g/mol. The smallest absolute Gasteiger partial charge is 0.247 e. The first-order chi connectivity index (χ1) is 9.24. The van der Waals surface area contributed by atoms with Crippen molar-refractivity contribution < 1.29 is 4.74 Å². The maximum absolute atomic E-state index is 5.79. The molecule has 0 fully saturated rings. The second-order valence-corrected chi connectivity index (χ2v) is 4.19. The molecule has 0 aliphatic rings. The Morgan fingerprint density at radius 3 is 3.11 bits per heavy atom. The van der Waals surface area contributed by atoms with Crippen molar-refractivity contribution in [1.29, 1.82) is 0 Å². The van der Waals surface area contributed by atoms with Gasteiger partial charge in [-0.1, -0.05) is 17.7 Å². The van der Waals surface area contributed by atoms with Gasteiger partial charge in [0.25, 0.3) is 0 Å². The molecule has 0 amide bonds. The van der Waals surface area contributed by atoms with Crippen LogP contribution in [0.4, 0.5) is 11.6 Å². The first-order valence-electron chi connectivity index (χ1n) is 5.53. The van der Waals surface area contributed by atoms with Gasteiger partial charge in [0.15, 0.2) is 5.65 Å². The molecule has 1 N–H and O–H groups in total. The Kier molecular flexibility index (Phi) is 2.92. The number of anilines is 2. The molecule has 0 atom stereocenters. The molecule has 0 saturated heterocycles. The molecule has 3 aromatic rings. The summed E-state index contributed by atoms with van der Waals surface area (Å²) in [4.78, 5) is 8.23. The summed E-state index contributed by atoms with van der Waals surface area (Å²) in [7, 11) is 1.62. The zero-order chi connectivity index (χ0) is 13.2. The molecule has 0 spiro atoms. The number of benzene rings is 1. The van der Waals surface area contributed by atoms with E-state index in [9.17, 15) is 0 Å². The van der Waals surface area contributed by atoms with E-state index in [1.807, 2.05) is 24.3 Å². The van der Waals surface area contributed by atoms with Crippen molar-refractivity contribution >= 4 is 28.9 Å².